The van der Waals surface area contributed by atoms with Crippen LogP contribution in [0.25, 0.3) is 10.9 Å². The van der Waals surface area contributed by atoms with Crippen molar-refractivity contribution in [1.82, 2.24) is 20.2 Å². The van der Waals surface area contributed by atoms with Crippen molar-refractivity contribution in [2.24, 2.45) is 5.92 Å². The lowest BCUT2D eigenvalue weighted by Gasteiger charge is -2.35. The highest BCUT2D eigenvalue weighted by Gasteiger charge is 2.21. The van der Waals surface area contributed by atoms with E-state index in [0.29, 0.717) is 18.2 Å². The first-order valence-electron chi connectivity index (χ1n) is 8.36. The number of nitrogens with one attached hydrogen (secondary N) is 1. The number of amides is 1. The normalized spacial score (nSPS) is 20.3. The van der Waals surface area contributed by atoms with Crippen molar-refractivity contribution in [3.05, 3.63) is 36.3 Å². The highest BCUT2D eigenvalue weighted by molar-refractivity contribution is 6.05. The molecule has 2 aromatic rings. The molecule has 0 bridgehead atoms. The first kappa shape index (κ1) is 15.9. The summed E-state index contributed by atoms with van der Waals surface area (Å²) in [6, 6.07) is 3.93. The van der Waals surface area contributed by atoms with Crippen LogP contribution in [0.15, 0.2) is 30.7 Å². The van der Waals surface area contributed by atoms with Crippen molar-refractivity contribution >= 4 is 16.8 Å². The topological polar surface area (TPSA) is 58.1 Å². The number of pyridine rings is 2. The van der Waals surface area contributed by atoms with Gasteiger partial charge in [0.15, 0.2) is 0 Å². The number of carbonyl (C=O) groups is 1. The maximum atomic E-state index is 12.5. The number of nitrogens with zero attached hydrogens (tertiary/aromatic N) is 3. The fourth-order valence-electron chi connectivity index (χ4n) is 3.28. The van der Waals surface area contributed by atoms with E-state index in [2.05, 4.69) is 34.0 Å². The molecule has 1 amide bonds. The van der Waals surface area contributed by atoms with Crippen LogP contribution in [0.2, 0.25) is 0 Å². The van der Waals surface area contributed by atoms with E-state index in [4.69, 9.17) is 0 Å². The number of carbonyl (C=O) groups excluding carboxylic acids is 1. The fourth-order valence-corrected chi connectivity index (χ4v) is 3.28. The molecule has 1 saturated heterocycles. The number of rotatable bonds is 4. The third-order valence-electron chi connectivity index (χ3n) is 4.66. The Morgan fingerprint density at radius 1 is 1.43 bits per heavy atom. The molecule has 2 aromatic heterocycles. The highest BCUT2D eigenvalue weighted by atomic mass is 16.1. The molecule has 3 heterocycles. The Morgan fingerprint density at radius 3 is 3.13 bits per heavy atom. The number of likely N-dealkylation sites (tertiary alicyclic amines) is 1. The van der Waals surface area contributed by atoms with Crippen LogP contribution in [0.4, 0.5) is 0 Å². The van der Waals surface area contributed by atoms with E-state index in [1.54, 1.807) is 24.7 Å². The van der Waals surface area contributed by atoms with Crippen LogP contribution >= 0.6 is 0 Å². The predicted octanol–water partition coefficient (Wildman–Crippen LogP) is 2.48. The van der Waals surface area contributed by atoms with Crippen LogP contribution in [0, 0.1) is 5.92 Å². The molecule has 5 heteroatoms. The van der Waals surface area contributed by atoms with Gasteiger partial charge in [-0.25, -0.2) is 0 Å². The van der Waals surface area contributed by atoms with Gasteiger partial charge in [-0.05, 0) is 44.4 Å². The van der Waals surface area contributed by atoms with Crippen LogP contribution in [0.5, 0.6) is 0 Å². The van der Waals surface area contributed by atoms with Gasteiger partial charge in [0.05, 0.1) is 11.1 Å². The number of hydrogen-bond acceptors (Lipinski definition) is 4. The predicted molar refractivity (Wildman–Crippen MR) is 91.3 cm³/mol. The summed E-state index contributed by atoms with van der Waals surface area (Å²) in [4.78, 5) is 23.4. The second-order valence-corrected chi connectivity index (χ2v) is 6.55. The molecule has 0 radical (unpaired) electrons. The quantitative estimate of drug-likeness (QED) is 0.942. The molecule has 3 rings (SSSR count). The van der Waals surface area contributed by atoms with Gasteiger partial charge < -0.3 is 5.32 Å². The highest BCUT2D eigenvalue weighted by Crippen LogP contribution is 2.18. The molecular formula is C18H24N4O. The van der Waals surface area contributed by atoms with Gasteiger partial charge in [-0.1, -0.05) is 6.92 Å². The Labute approximate surface area is 137 Å². The Balaban J connectivity index is 1.64. The summed E-state index contributed by atoms with van der Waals surface area (Å²) in [6.07, 6.45) is 7.63. The standard InChI is InChI=1S/C18H24N4O/c1-13-4-3-9-22(12-13)14(2)10-21-18(23)15-5-8-20-17-6-7-19-11-16(15)17/h5-8,11,13-14H,3-4,9-10,12H2,1-2H3,(H,21,23). The minimum Gasteiger partial charge on any atom is -0.350 e. The number of piperidine rings is 1. The monoisotopic (exact) mass is 312 g/mol. The second kappa shape index (κ2) is 7.04. The summed E-state index contributed by atoms with van der Waals surface area (Å²) in [6.45, 7) is 7.40. The molecule has 122 valence electrons. The molecule has 23 heavy (non-hydrogen) atoms. The molecule has 0 aromatic carbocycles. The van der Waals surface area contributed by atoms with E-state index in [1.165, 1.54) is 12.8 Å². The fraction of sp³-hybridized carbons (Fsp3) is 0.500. The van der Waals surface area contributed by atoms with E-state index in [9.17, 15) is 4.79 Å². The molecule has 1 N–H and O–H groups in total. The minimum absolute atomic E-state index is 0.0534. The largest absolute Gasteiger partial charge is 0.350 e. The zero-order valence-corrected chi connectivity index (χ0v) is 13.8. The van der Waals surface area contributed by atoms with Gasteiger partial charge in [0.2, 0.25) is 0 Å². The van der Waals surface area contributed by atoms with Crippen LogP contribution in [-0.4, -0.2) is 46.5 Å². The molecule has 0 aliphatic carbocycles. The second-order valence-electron chi connectivity index (χ2n) is 6.55. The summed E-state index contributed by atoms with van der Waals surface area (Å²) in [7, 11) is 0. The van der Waals surface area contributed by atoms with E-state index < -0.39 is 0 Å². The smallest absolute Gasteiger partial charge is 0.252 e. The maximum Gasteiger partial charge on any atom is 0.252 e. The Bertz CT molecular complexity index is 682. The molecule has 0 spiro atoms. The van der Waals surface area contributed by atoms with Crippen molar-refractivity contribution in [3.8, 4) is 0 Å². The van der Waals surface area contributed by atoms with Gasteiger partial charge in [0.25, 0.3) is 5.91 Å². The van der Waals surface area contributed by atoms with Crippen LogP contribution in [-0.2, 0) is 0 Å². The zero-order chi connectivity index (χ0) is 16.2. The summed E-state index contributed by atoms with van der Waals surface area (Å²) in [5.41, 5.74) is 1.44. The van der Waals surface area contributed by atoms with Crippen molar-refractivity contribution in [3.63, 3.8) is 0 Å². The molecule has 2 unspecified atom stereocenters. The average Bonchev–Trinajstić information content (AvgIpc) is 2.59. The average molecular weight is 312 g/mol. The van der Waals surface area contributed by atoms with Gasteiger partial charge in [0, 0.05) is 43.1 Å². The molecule has 1 aliphatic rings. The van der Waals surface area contributed by atoms with Crippen LogP contribution in [0.1, 0.15) is 37.0 Å². The van der Waals surface area contributed by atoms with E-state index in [0.717, 1.165) is 29.9 Å². The maximum absolute atomic E-state index is 12.5. The van der Waals surface area contributed by atoms with Gasteiger partial charge in [-0.2, -0.15) is 0 Å². The summed E-state index contributed by atoms with van der Waals surface area (Å²) in [5.74, 6) is 0.694. The summed E-state index contributed by atoms with van der Waals surface area (Å²) in [5, 5.41) is 3.86. The summed E-state index contributed by atoms with van der Waals surface area (Å²) >= 11 is 0. The lowest BCUT2D eigenvalue weighted by atomic mass is 9.99. The lowest BCUT2D eigenvalue weighted by molar-refractivity contribution is 0.0919. The van der Waals surface area contributed by atoms with E-state index in [1.807, 2.05) is 6.07 Å². The molecule has 2 atom stereocenters. The zero-order valence-electron chi connectivity index (χ0n) is 13.8. The molecule has 1 aliphatic heterocycles. The minimum atomic E-state index is -0.0534. The third-order valence-corrected chi connectivity index (χ3v) is 4.66. The number of hydrogen-bond donors (Lipinski definition) is 1. The van der Waals surface area contributed by atoms with Gasteiger partial charge in [-0.3, -0.25) is 19.7 Å². The van der Waals surface area contributed by atoms with Crippen molar-refractivity contribution in [1.29, 1.82) is 0 Å². The molecule has 5 nitrogen and oxygen atoms in total. The third kappa shape index (κ3) is 3.67. The first-order chi connectivity index (χ1) is 11.1. The molecule has 0 saturated carbocycles. The van der Waals surface area contributed by atoms with Crippen molar-refractivity contribution in [2.75, 3.05) is 19.6 Å². The molecular weight excluding hydrogens is 288 g/mol. The van der Waals surface area contributed by atoms with E-state index >= 15 is 0 Å². The van der Waals surface area contributed by atoms with Gasteiger partial charge in [0.1, 0.15) is 0 Å². The Hall–Kier alpha value is -2.01. The van der Waals surface area contributed by atoms with Crippen LogP contribution in [0.3, 0.4) is 0 Å². The first-order valence-corrected chi connectivity index (χ1v) is 8.36. The Morgan fingerprint density at radius 2 is 2.30 bits per heavy atom. The lowest BCUT2D eigenvalue weighted by Crippen LogP contribution is -2.46. The molecule has 1 fully saturated rings. The van der Waals surface area contributed by atoms with E-state index in [-0.39, 0.29) is 5.91 Å². The summed E-state index contributed by atoms with van der Waals surface area (Å²) < 4.78 is 0. The number of fused-ring (bicyclic) bond motifs is 1. The van der Waals surface area contributed by atoms with Crippen molar-refractivity contribution in [2.45, 2.75) is 32.7 Å². The Kier molecular flexibility index (Phi) is 4.86. The van der Waals surface area contributed by atoms with Crippen molar-refractivity contribution < 1.29 is 4.79 Å². The number of aromatic nitrogens is 2. The van der Waals surface area contributed by atoms with Gasteiger partial charge in [-0.15, -0.1) is 0 Å². The van der Waals surface area contributed by atoms with Crippen LogP contribution < -0.4 is 5.32 Å². The SMILES string of the molecule is CC1CCCN(C(C)CNC(=O)c2ccnc3ccncc23)C1. The van der Waals surface area contributed by atoms with Gasteiger partial charge >= 0.3 is 0 Å².